The molecule has 0 bridgehead atoms. The van der Waals surface area contributed by atoms with Crippen LogP contribution in [0.4, 0.5) is 5.69 Å². The monoisotopic (exact) mass is 375 g/mol. The minimum absolute atomic E-state index is 0.0680. The van der Waals surface area contributed by atoms with Crippen LogP contribution in [-0.2, 0) is 10.0 Å². The van der Waals surface area contributed by atoms with E-state index >= 15 is 0 Å². The molecule has 2 aromatic carbocycles. The number of sulfonamides is 1. The number of anilines is 1. The Labute approximate surface area is 149 Å². The zero-order chi connectivity index (χ0) is 18.5. The SMILES string of the molecule is COc1ccc2c(c1)C(O)CCN2S(=O)(=O)c1ccc2[nH]c(=O)[nH]c2c1. The van der Waals surface area contributed by atoms with Gasteiger partial charge in [0, 0.05) is 12.1 Å². The van der Waals surface area contributed by atoms with Crippen molar-refractivity contribution in [3.05, 3.63) is 52.4 Å². The highest BCUT2D eigenvalue weighted by Gasteiger charge is 2.33. The summed E-state index contributed by atoms with van der Waals surface area (Å²) in [5.41, 5.74) is 1.49. The summed E-state index contributed by atoms with van der Waals surface area (Å²) in [6.07, 6.45) is -0.474. The van der Waals surface area contributed by atoms with Gasteiger partial charge in [-0.25, -0.2) is 13.2 Å². The number of aromatic amines is 2. The molecule has 0 spiro atoms. The summed E-state index contributed by atoms with van der Waals surface area (Å²) in [6, 6.07) is 9.37. The minimum atomic E-state index is -3.86. The fourth-order valence-corrected chi connectivity index (χ4v) is 4.75. The first kappa shape index (κ1) is 16.7. The van der Waals surface area contributed by atoms with Gasteiger partial charge in [0.1, 0.15) is 5.75 Å². The number of ether oxygens (including phenoxy) is 1. The molecule has 9 heteroatoms. The van der Waals surface area contributed by atoms with E-state index in [0.717, 1.165) is 0 Å². The van der Waals surface area contributed by atoms with E-state index in [1.807, 2.05) is 0 Å². The Kier molecular flexibility index (Phi) is 3.78. The number of benzene rings is 2. The van der Waals surface area contributed by atoms with Crippen molar-refractivity contribution in [3.63, 3.8) is 0 Å². The second kappa shape index (κ2) is 5.89. The number of nitrogens with zero attached hydrogens (tertiary/aromatic N) is 1. The largest absolute Gasteiger partial charge is 0.497 e. The van der Waals surface area contributed by atoms with Crippen LogP contribution in [0.25, 0.3) is 11.0 Å². The molecule has 3 aromatic rings. The Balaban J connectivity index is 1.83. The number of aliphatic hydroxyl groups excluding tert-OH is 1. The molecule has 26 heavy (non-hydrogen) atoms. The number of imidazole rings is 1. The van der Waals surface area contributed by atoms with Crippen molar-refractivity contribution >= 4 is 26.7 Å². The average molecular weight is 375 g/mol. The summed E-state index contributed by atoms with van der Waals surface area (Å²) < 4.78 is 32.8. The molecule has 136 valence electrons. The Morgan fingerprint density at radius 1 is 1.15 bits per heavy atom. The van der Waals surface area contributed by atoms with E-state index in [0.29, 0.717) is 28.0 Å². The van der Waals surface area contributed by atoms with E-state index in [9.17, 15) is 18.3 Å². The van der Waals surface area contributed by atoms with Crippen LogP contribution >= 0.6 is 0 Å². The van der Waals surface area contributed by atoms with Gasteiger partial charge in [-0.2, -0.15) is 0 Å². The first-order chi connectivity index (χ1) is 12.4. The maximum absolute atomic E-state index is 13.2. The third-order valence-electron chi connectivity index (χ3n) is 4.54. The lowest BCUT2D eigenvalue weighted by Crippen LogP contribution is -2.36. The highest BCUT2D eigenvalue weighted by molar-refractivity contribution is 7.92. The highest BCUT2D eigenvalue weighted by Crippen LogP contribution is 2.39. The van der Waals surface area contributed by atoms with Crippen LogP contribution < -0.4 is 14.7 Å². The second-order valence-corrected chi connectivity index (χ2v) is 7.96. The fraction of sp³-hybridized carbons (Fsp3) is 0.235. The summed E-state index contributed by atoms with van der Waals surface area (Å²) in [5.74, 6) is 0.549. The molecular weight excluding hydrogens is 358 g/mol. The molecule has 1 unspecified atom stereocenters. The van der Waals surface area contributed by atoms with E-state index in [-0.39, 0.29) is 17.9 Å². The summed E-state index contributed by atoms with van der Waals surface area (Å²) in [7, 11) is -2.34. The second-order valence-electron chi connectivity index (χ2n) is 6.09. The number of fused-ring (bicyclic) bond motifs is 2. The van der Waals surface area contributed by atoms with Crippen LogP contribution in [0, 0.1) is 0 Å². The number of hydrogen-bond acceptors (Lipinski definition) is 5. The fourth-order valence-electron chi connectivity index (χ4n) is 3.22. The molecule has 0 aliphatic carbocycles. The molecule has 3 N–H and O–H groups in total. The van der Waals surface area contributed by atoms with Gasteiger partial charge in [0.15, 0.2) is 0 Å². The topological polar surface area (TPSA) is 115 Å². The van der Waals surface area contributed by atoms with E-state index < -0.39 is 21.8 Å². The van der Waals surface area contributed by atoms with Crippen LogP contribution in [0.3, 0.4) is 0 Å². The van der Waals surface area contributed by atoms with E-state index in [2.05, 4.69) is 9.97 Å². The molecule has 1 aliphatic rings. The molecule has 1 aliphatic heterocycles. The number of aromatic nitrogens is 2. The number of rotatable bonds is 3. The summed E-state index contributed by atoms with van der Waals surface area (Å²) in [6.45, 7) is 0.157. The number of methoxy groups -OCH3 is 1. The van der Waals surface area contributed by atoms with E-state index in [1.165, 1.54) is 23.5 Å². The average Bonchev–Trinajstić information content (AvgIpc) is 3.00. The normalized spacial score (nSPS) is 17.3. The smallest absolute Gasteiger partial charge is 0.323 e. The van der Waals surface area contributed by atoms with E-state index in [1.54, 1.807) is 24.3 Å². The first-order valence-electron chi connectivity index (χ1n) is 8.01. The molecule has 0 saturated heterocycles. The molecule has 1 atom stereocenters. The maximum Gasteiger partial charge on any atom is 0.323 e. The van der Waals surface area contributed by atoms with Crippen molar-refractivity contribution in [2.45, 2.75) is 17.4 Å². The van der Waals surface area contributed by atoms with Gasteiger partial charge in [0.25, 0.3) is 10.0 Å². The highest BCUT2D eigenvalue weighted by atomic mass is 32.2. The number of hydrogen-bond donors (Lipinski definition) is 3. The predicted molar refractivity (Wildman–Crippen MR) is 96.0 cm³/mol. The lowest BCUT2D eigenvalue weighted by Gasteiger charge is -2.33. The van der Waals surface area contributed by atoms with Gasteiger partial charge >= 0.3 is 5.69 Å². The Bertz CT molecular complexity index is 1150. The Morgan fingerprint density at radius 3 is 2.69 bits per heavy atom. The van der Waals surface area contributed by atoms with Crippen LogP contribution in [0.2, 0.25) is 0 Å². The molecule has 0 fully saturated rings. The zero-order valence-corrected chi connectivity index (χ0v) is 14.7. The van der Waals surface area contributed by atoms with Gasteiger partial charge in [-0.1, -0.05) is 0 Å². The lowest BCUT2D eigenvalue weighted by molar-refractivity contribution is 0.166. The van der Waals surface area contributed by atoms with Gasteiger partial charge < -0.3 is 19.8 Å². The van der Waals surface area contributed by atoms with Gasteiger partial charge in [0.05, 0.1) is 34.8 Å². The maximum atomic E-state index is 13.2. The van der Waals surface area contributed by atoms with Crippen molar-refractivity contribution in [3.8, 4) is 5.75 Å². The molecule has 1 aromatic heterocycles. The minimum Gasteiger partial charge on any atom is -0.497 e. The lowest BCUT2D eigenvalue weighted by atomic mass is 10.0. The van der Waals surface area contributed by atoms with Crippen molar-refractivity contribution in [2.24, 2.45) is 0 Å². The van der Waals surface area contributed by atoms with Crippen molar-refractivity contribution < 1.29 is 18.3 Å². The van der Waals surface area contributed by atoms with Crippen molar-refractivity contribution in [1.82, 2.24) is 9.97 Å². The van der Waals surface area contributed by atoms with Crippen molar-refractivity contribution in [2.75, 3.05) is 18.0 Å². The standard InChI is InChI=1S/C17H17N3O5S/c1-25-10-2-5-15-12(8-10)16(21)6-7-20(15)26(23,24)11-3-4-13-14(9-11)19-17(22)18-13/h2-5,8-9,16,21H,6-7H2,1H3,(H2,18,19,22). The van der Waals surface area contributed by atoms with Crippen LogP contribution in [0.1, 0.15) is 18.1 Å². The predicted octanol–water partition coefficient (Wildman–Crippen LogP) is 1.50. The third kappa shape index (κ3) is 2.56. The summed E-state index contributed by atoms with van der Waals surface area (Å²) in [5, 5.41) is 10.3. The number of H-pyrrole nitrogens is 2. The molecule has 2 heterocycles. The summed E-state index contributed by atoms with van der Waals surface area (Å²) >= 11 is 0. The van der Waals surface area contributed by atoms with Crippen LogP contribution in [0.5, 0.6) is 5.75 Å². The Morgan fingerprint density at radius 2 is 1.92 bits per heavy atom. The third-order valence-corrected chi connectivity index (χ3v) is 6.35. The molecule has 0 radical (unpaired) electrons. The van der Waals surface area contributed by atoms with Crippen LogP contribution in [0.15, 0.2) is 46.1 Å². The first-order valence-corrected chi connectivity index (χ1v) is 9.45. The van der Waals surface area contributed by atoms with Gasteiger partial charge in [-0.15, -0.1) is 0 Å². The number of nitrogens with one attached hydrogen (secondary N) is 2. The van der Waals surface area contributed by atoms with Gasteiger partial charge in [0.2, 0.25) is 0 Å². The number of aliphatic hydroxyl groups is 1. The van der Waals surface area contributed by atoms with E-state index in [4.69, 9.17) is 4.74 Å². The zero-order valence-electron chi connectivity index (χ0n) is 13.9. The molecule has 8 nitrogen and oxygen atoms in total. The molecule has 0 amide bonds. The van der Waals surface area contributed by atoms with Gasteiger partial charge in [-0.3, -0.25) is 4.31 Å². The van der Waals surface area contributed by atoms with Crippen molar-refractivity contribution in [1.29, 1.82) is 0 Å². The summed E-state index contributed by atoms with van der Waals surface area (Å²) in [4.78, 5) is 16.6. The molecule has 0 saturated carbocycles. The Hall–Kier alpha value is -2.78. The molecular formula is C17H17N3O5S. The van der Waals surface area contributed by atoms with Crippen LogP contribution in [-0.4, -0.2) is 37.1 Å². The van der Waals surface area contributed by atoms with Gasteiger partial charge in [-0.05, 0) is 42.8 Å². The quantitative estimate of drug-likeness (QED) is 0.642. The molecule has 4 rings (SSSR count).